The second-order valence-electron chi connectivity index (χ2n) is 4.57. The molecule has 0 radical (unpaired) electrons. The van der Waals surface area contributed by atoms with Gasteiger partial charge in [0.1, 0.15) is 0 Å². The second-order valence-corrected chi connectivity index (χ2v) is 6.80. The Balaban J connectivity index is 1.75. The van der Waals surface area contributed by atoms with Crippen molar-refractivity contribution < 1.29 is 4.79 Å². The molecule has 0 saturated heterocycles. The highest BCUT2D eigenvalue weighted by molar-refractivity contribution is 8.00. The van der Waals surface area contributed by atoms with E-state index in [0.29, 0.717) is 21.6 Å². The van der Waals surface area contributed by atoms with Gasteiger partial charge in [0.25, 0.3) is 0 Å². The van der Waals surface area contributed by atoms with Crippen molar-refractivity contribution in [1.29, 1.82) is 0 Å². The van der Waals surface area contributed by atoms with Crippen molar-refractivity contribution in [3.05, 3.63) is 63.1 Å². The third kappa shape index (κ3) is 5.40. The lowest BCUT2D eigenvalue weighted by atomic mass is 10.1. The fraction of sp³-hybridized carbons (Fsp3) is 0.188. The van der Waals surface area contributed by atoms with Gasteiger partial charge in [-0.1, -0.05) is 53.0 Å². The number of rotatable bonds is 6. The average Bonchev–Trinajstić information content (AvgIpc) is 2.49. The third-order valence-corrected chi connectivity index (χ3v) is 5.16. The first-order valence-corrected chi connectivity index (χ1v) is 8.76. The van der Waals surface area contributed by atoms with Crippen molar-refractivity contribution in [1.82, 2.24) is 5.32 Å². The van der Waals surface area contributed by atoms with Gasteiger partial charge in [-0.05, 0) is 36.2 Å². The Bertz CT molecular complexity index is 626. The number of carbonyl (C=O) groups is 1. The predicted octanol–water partition coefficient (Wildman–Crippen LogP) is 5.10. The summed E-state index contributed by atoms with van der Waals surface area (Å²) in [6.07, 6.45) is 0.764. The summed E-state index contributed by atoms with van der Waals surface area (Å²) in [6.45, 7) is 0.581. The topological polar surface area (TPSA) is 29.1 Å². The molecule has 2 nitrogen and oxygen atoms in total. The van der Waals surface area contributed by atoms with Crippen LogP contribution in [0.3, 0.4) is 0 Å². The lowest BCUT2D eigenvalue weighted by Crippen LogP contribution is -2.27. The summed E-state index contributed by atoms with van der Waals surface area (Å²) in [7, 11) is 0. The normalized spacial score (nSPS) is 10.5. The maximum atomic E-state index is 11.8. The Morgan fingerprint density at radius 1 is 1.00 bits per heavy atom. The van der Waals surface area contributed by atoms with Gasteiger partial charge in [-0.2, -0.15) is 0 Å². The number of carbonyl (C=O) groups excluding carboxylic acids is 1. The van der Waals surface area contributed by atoms with Gasteiger partial charge in [0, 0.05) is 16.5 Å². The molecule has 0 aliphatic heterocycles. The van der Waals surface area contributed by atoms with Crippen LogP contribution < -0.4 is 5.32 Å². The van der Waals surface area contributed by atoms with Gasteiger partial charge in [-0.15, -0.1) is 11.8 Å². The molecule has 116 valence electrons. The molecule has 0 atom stereocenters. The lowest BCUT2D eigenvalue weighted by molar-refractivity contribution is -0.118. The number of hydrogen-bond donors (Lipinski definition) is 1. The van der Waals surface area contributed by atoms with Gasteiger partial charge in [0.2, 0.25) is 5.91 Å². The van der Waals surface area contributed by atoms with E-state index in [1.165, 1.54) is 11.8 Å². The predicted molar refractivity (Wildman–Crippen MR) is 95.4 cm³/mol. The SMILES string of the molecule is O=C(CSc1c(Cl)cccc1Cl)NCCc1ccc(Cl)cc1. The van der Waals surface area contributed by atoms with E-state index in [1.807, 2.05) is 24.3 Å². The maximum absolute atomic E-state index is 11.8. The summed E-state index contributed by atoms with van der Waals surface area (Å²) < 4.78 is 0. The van der Waals surface area contributed by atoms with Crippen molar-refractivity contribution >= 4 is 52.5 Å². The zero-order chi connectivity index (χ0) is 15.9. The van der Waals surface area contributed by atoms with Gasteiger partial charge in [-0.3, -0.25) is 4.79 Å². The number of halogens is 3. The molecule has 1 amide bonds. The van der Waals surface area contributed by atoms with E-state index in [9.17, 15) is 4.79 Å². The van der Waals surface area contributed by atoms with Crippen LogP contribution in [0.4, 0.5) is 0 Å². The van der Waals surface area contributed by atoms with Crippen LogP contribution >= 0.6 is 46.6 Å². The Kier molecular flexibility index (Phi) is 6.90. The average molecular weight is 375 g/mol. The van der Waals surface area contributed by atoms with Crippen LogP contribution in [-0.4, -0.2) is 18.2 Å². The van der Waals surface area contributed by atoms with Gasteiger partial charge < -0.3 is 5.32 Å². The zero-order valence-corrected chi connectivity index (χ0v) is 14.7. The minimum Gasteiger partial charge on any atom is -0.355 e. The van der Waals surface area contributed by atoms with Crippen LogP contribution in [0.25, 0.3) is 0 Å². The maximum Gasteiger partial charge on any atom is 0.230 e. The molecule has 0 unspecified atom stereocenters. The van der Waals surface area contributed by atoms with E-state index in [0.717, 1.165) is 16.9 Å². The zero-order valence-electron chi connectivity index (χ0n) is 11.6. The molecule has 22 heavy (non-hydrogen) atoms. The standard InChI is InChI=1S/C16H14Cl3NOS/c17-12-6-4-11(5-7-12)8-9-20-15(21)10-22-16-13(18)2-1-3-14(16)19/h1-7H,8-10H2,(H,20,21). The molecule has 0 aliphatic rings. The fourth-order valence-corrected chi connectivity index (χ4v) is 3.45. The lowest BCUT2D eigenvalue weighted by Gasteiger charge is -2.07. The first-order chi connectivity index (χ1) is 10.6. The van der Waals surface area contributed by atoms with E-state index >= 15 is 0 Å². The van der Waals surface area contributed by atoms with Crippen LogP contribution in [-0.2, 0) is 11.2 Å². The molecule has 0 aliphatic carbocycles. The molecule has 2 aromatic rings. The summed E-state index contributed by atoms with van der Waals surface area (Å²) in [6, 6.07) is 12.9. The highest BCUT2D eigenvalue weighted by atomic mass is 35.5. The van der Waals surface area contributed by atoms with E-state index in [2.05, 4.69) is 5.32 Å². The first kappa shape index (κ1) is 17.5. The quantitative estimate of drug-likeness (QED) is 0.713. The molecular formula is C16H14Cl3NOS. The van der Waals surface area contributed by atoms with Crippen LogP contribution in [0.15, 0.2) is 47.4 Å². The number of hydrogen-bond acceptors (Lipinski definition) is 2. The van der Waals surface area contributed by atoms with Gasteiger partial charge in [0.15, 0.2) is 0 Å². The number of nitrogens with one attached hydrogen (secondary N) is 1. The Morgan fingerprint density at radius 2 is 1.64 bits per heavy atom. The van der Waals surface area contributed by atoms with Gasteiger partial charge in [0.05, 0.1) is 15.8 Å². The van der Waals surface area contributed by atoms with E-state index in [4.69, 9.17) is 34.8 Å². The third-order valence-electron chi connectivity index (χ3n) is 2.92. The van der Waals surface area contributed by atoms with Gasteiger partial charge >= 0.3 is 0 Å². The molecule has 1 N–H and O–H groups in total. The number of amides is 1. The van der Waals surface area contributed by atoms with Crippen molar-refractivity contribution in [3.63, 3.8) is 0 Å². The number of benzene rings is 2. The summed E-state index contributed by atoms with van der Waals surface area (Å²) in [4.78, 5) is 12.6. The van der Waals surface area contributed by atoms with Crippen molar-refractivity contribution in [2.24, 2.45) is 0 Å². The Morgan fingerprint density at radius 3 is 2.27 bits per heavy atom. The molecule has 0 aromatic heterocycles. The second kappa shape index (κ2) is 8.68. The van der Waals surface area contributed by atoms with E-state index in [-0.39, 0.29) is 11.7 Å². The highest BCUT2D eigenvalue weighted by Crippen LogP contribution is 2.33. The Labute approximate surface area is 149 Å². The Hall–Kier alpha value is -0.870. The molecule has 2 rings (SSSR count). The van der Waals surface area contributed by atoms with Crippen LogP contribution in [0.5, 0.6) is 0 Å². The van der Waals surface area contributed by atoms with Crippen LogP contribution in [0.1, 0.15) is 5.56 Å². The molecule has 6 heteroatoms. The largest absolute Gasteiger partial charge is 0.355 e. The van der Waals surface area contributed by atoms with E-state index in [1.54, 1.807) is 18.2 Å². The molecule has 0 saturated carbocycles. The van der Waals surface area contributed by atoms with Crippen molar-refractivity contribution in [3.8, 4) is 0 Å². The molecule has 0 heterocycles. The molecular weight excluding hydrogens is 361 g/mol. The first-order valence-electron chi connectivity index (χ1n) is 6.64. The summed E-state index contributed by atoms with van der Waals surface area (Å²) >= 11 is 19.3. The number of thioether (sulfide) groups is 1. The molecule has 0 bridgehead atoms. The minimum absolute atomic E-state index is 0.0463. The molecule has 2 aromatic carbocycles. The monoisotopic (exact) mass is 373 g/mol. The van der Waals surface area contributed by atoms with Crippen molar-refractivity contribution in [2.45, 2.75) is 11.3 Å². The highest BCUT2D eigenvalue weighted by Gasteiger charge is 2.09. The minimum atomic E-state index is -0.0463. The van der Waals surface area contributed by atoms with E-state index < -0.39 is 0 Å². The van der Waals surface area contributed by atoms with Crippen LogP contribution in [0.2, 0.25) is 15.1 Å². The van der Waals surface area contributed by atoms with Gasteiger partial charge in [-0.25, -0.2) is 0 Å². The fourth-order valence-electron chi connectivity index (χ4n) is 1.81. The summed E-state index contributed by atoms with van der Waals surface area (Å²) in [5.74, 6) is 0.235. The summed E-state index contributed by atoms with van der Waals surface area (Å²) in [5, 5.41) is 4.71. The van der Waals surface area contributed by atoms with Crippen molar-refractivity contribution in [2.75, 3.05) is 12.3 Å². The van der Waals surface area contributed by atoms with Crippen LogP contribution in [0, 0.1) is 0 Å². The molecule has 0 spiro atoms. The summed E-state index contributed by atoms with van der Waals surface area (Å²) in [5.41, 5.74) is 1.13. The molecule has 0 fully saturated rings. The smallest absolute Gasteiger partial charge is 0.230 e.